The molecule has 3 rings (SSSR count). The van der Waals surface area contributed by atoms with Crippen LogP contribution < -0.4 is 10.9 Å². The van der Waals surface area contributed by atoms with Crippen molar-refractivity contribution in [2.75, 3.05) is 5.32 Å². The van der Waals surface area contributed by atoms with E-state index < -0.39 is 6.09 Å². The lowest BCUT2D eigenvalue weighted by atomic mass is 10.1. The second kappa shape index (κ2) is 7.23. The molecule has 24 heavy (non-hydrogen) atoms. The van der Waals surface area contributed by atoms with E-state index in [-0.39, 0.29) is 18.1 Å². The van der Waals surface area contributed by atoms with Crippen molar-refractivity contribution in [2.45, 2.75) is 6.61 Å². The summed E-state index contributed by atoms with van der Waals surface area (Å²) in [5.74, 6) is 0.0411. The number of carbonyl (C=O) groups excluding carboxylic acids is 1. The minimum atomic E-state index is -0.688. The van der Waals surface area contributed by atoms with Crippen LogP contribution in [0.25, 0.3) is 11.3 Å². The molecule has 2 aromatic carbocycles. The Bertz CT molecular complexity index is 877. The summed E-state index contributed by atoms with van der Waals surface area (Å²) >= 11 is 0. The second-order valence-electron chi connectivity index (χ2n) is 5.03. The molecule has 6 heteroatoms. The molecule has 0 aliphatic carbocycles. The summed E-state index contributed by atoms with van der Waals surface area (Å²) in [7, 11) is 0. The average molecular weight is 321 g/mol. The largest absolute Gasteiger partial charge is 0.444 e. The van der Waals surface area contributed by atoms with Crippen LogP contribution in [0.15, 0.2) is 71.5 Å². The number of amides is 1. The number of anilines is 1. The molecule has 1 amide bonds. The van der Waals surface area contributed by atoms with Crippen molar-refractivity contribution < 1.29 is 9.53 Å². The number of aromatic nitrogens is 2. The van der Waals surface area contributed by atoms with Gasteiger partial charge in [0.1, 0.15) is 6.61 Å². The maximum absolute atomic E-state index is 11.8. The van der Waals surface area contributed by atoms with Crippen molar-refractivity contribution in [3.05, 3.63) is 82.6 Å². The molecule has 0 aliphatic rings. The van der Waals surface area contributed by atoms with E-state index in [4.69, 9.17) is 4.74 Å². The SMILES string of the molecule is O=C(Nc1nc(-c2ccccc2)cc(=O)[nH]1)OCc1ccccc1. The van der Waals surface area contributed by atoms with Crippen LogP contribution in [-0.2, 0) is 11.3 Å². The van der Waals surface area contributed by atoms with Crippen molar-refractivity contribution in [1.29, 1.82) is 0 Å². The molecule has 6 nitrogen and oxygen atoms in total. The van der Waals surface area contributed by atoms with E-state index in [1.54, 1.807) is 0 Å². The Hall–Kier alpha value is -3.41. The molecule has 0 saturated carbocycles. The van der Waals surface area contributed by atoms with Crippen LogP contribution in [0.2, 0.25) is 0 Å². The van der Waals surface area contributed by atoms with Crippen molar-refractivity contribution in [2.24, 2.45) is 0 Å². The summed E-state index contributed by atoms with van der Waals surface area (Å²) in [6.07, 6.45) is -0.688. The van der Waals surface area contributed by atoms with Crippen LogP contribution in [-0.4, -0.2) is 16.1 Å². The van der Waals surface area contributed by atoms with Crippen LogP contribution in [0.4, 0.5) is 10.7 Å². The summed E-state index contributed by atoms with van der Waals surface area (Å²) in [6.45, 7) is 0.134. The second-order valence-corrected chi connectivity index (χ2v) is 5.03. The van der Waals surface area contributed by atoms with Crippen LogP contribution in [0.1, 0.15) is 5.56 Å². The Morgan fingerprint density at radius 3 is 2.42 bits per heavy atom. The van der Waals surface area contributed by atoms with Crippen molar-refractivity contribution >= 4 is 12.0 Å². The third kappa shape index (κ3) is 4.07. The molecule has 0 saturated heterocycles. The van der Waals surface area contributed by atoms with Gasteiger partial charge >= 0.3 is 6.09 Å². The van der Waals surface area contributed by atoms with Gasteiger partial charge in [-0.3, -0.25) is 15.1 Å². The zero-order valence-corrected chi connectivity index (χ0v) is 12.7. The lowest BCUT2D eigenvalue weighted by Gasteiger charge is -2.07. The molecule has 0 radical (unpaired) electrons. The Labute approximate surface area is 138 Å². The number of benzene rings is 2. The maximum atomic E-state index is 11.8. The molecule has 2 N–H and O–H groups in total. The molecule has 1 heterocycles. The van der Waals surface area contributed by atoms with E-state index in [9.17, 15) is 9.59 Å². The highest BCUT2D eigenvalue weighted by molar-refractivity contribution is 5.82. The van der Waals surface area contributed by atoms with Crippen LogP contribution in [0, 0.1) is 0 Å². The number of H-pyrrole nitrogens is 1. The van der Waals surface area contributed by atoms with E-state index in [2.05, 4.69) is 15.3 Å². The number of carbonyl (C=O) groups is 1. The van der Waals surface area contributed by atoms with Gasteiger partial charge < -0.3 is 4.74 Å². The number of rotatable bonds is 4. The number of nitrogens with zero attached hydrogens (tertiary/aromatic N) is 1. The molecule has 0 unspecified atom stereocenters. The monoisotopic (exact) mass is 321 g/mol. The van der Waals surface area contributed by atoms with E-state index >= 15 is 0 Å². The minimum absolute atomic E-state index is 0.0411. The summed E-state index contributed by atoms with van der Waals surface area (Å²) in [5, 5.41) is 2.44. The van der Waals surface area contributed by atoms with Crippen molar-refractivity contribution in [3.8, 4) is 11.3 Å². The number of nitrogens with one attached hydrogen (secondary N) is 2. The number of aromatic amines is 1. The molecule has 1 aromatic heterocycles. The Morgan fingerprint density at radius 1 is 1.04 bits per heavy atom. The Kier molecular flexibility index (Phi) is 4.67. The fourth-order valence-corrected chi connectivity index (χ4v) is 2.13. The zero-order valence-electron chi connectivity index (χ0n) is 12.7. The van der Waals surface area contributed by atoms with Gasteiger partial charge in [0.15, 0.2) is 0 Å². The summed E-state index contributed by atoms with van der Waals surface area (Å²) in [5.41, 5.74) is 1.76. The molecular weight excluding hydrogens is 306 g/mol. The average Bonchev–Trinajstić information content (AvgIpc) is 2.61. The molecule has 0 atom stereocenters. The Balaban J connectivity index is 1.70. The molecule has 0 bridgehead atoms. The summed E-state index contributed by atoms with van der Waals surface area (Å²) < 4.78 is 5.11. The van der Waals surface area contributed by atoms with Gasteiger partial charge in [0.05, 0.1) is 5.69 Å². The highest BCUT2D eigenvalue weighted by Crippen LogP contribution is 2.15. The summed E-state index contributed by atoms with van der Waals surface area (Å²) in [4.78, 5) is 30.3. The van der Waals surface area contributed by atoms with E-state index in [0.29, 0.717) is 5.69 Å². The van der Waals surface area contributed by atoms with E-state index in [1.165, 1.54) is 6.07 Å². The number of hydrogen-bond acceptors (Lipinski definition) is 4. The predicted molar refractivity (Wildman–Crippen MR) is 90.5 cm³/mol. The highest BCUT2D eigenvalue weighted by Gasteiger charge is 2.08. The molecule has 3 aromatic rings. The quantitative estimate of drug-likeness (QED) is 0.773. The van der Waals surface area contributed by atoms with Gasteiger partial charge in [0, 0.05) is 11.6 Å². The first-order valence-corrected chi connectivity index (χ1v) is 7.35. The van der Waals surface area contributed by atoms with Gasteiger partial charge in [-0.2, -0.15) is 0 Å². The molecule has 120 valence electrons. The third-order valence-electron chi connectivity index (χ3n) is 3.24. The molecule has 0 fully saturated rings. The van der Waals surface area contributed by atoms with Gasteiger partial charge in [0.25, 0.3) is 5.56 Å². The third-order valence-corrected chi connectivity index (χ3v) is 3.24. The summed E-state index contributed by atoms with van der Waals surface area (Å²) in [6, 6.07) is 19.9. The fourth-order valence-electron chi connectivity index (χ4n) is 2.13. The topological polar surface area (TPSA) is 84.1 Å². The Morgan fingerprint density at radius 2 is 1.71 bits per heavy atom. The first-order valence-electron chi connectivity index (χ1n) is 7.35. The van der Waals surface area contributed by atoms with Gasteiger partial charge in [0.2, 0.25) is 5.95 Å². The zero-order chi connectivity index (χ0) is 16.8. The first kappa shape index (κ1) is 15.5. The smallest absolute Gasteiger partial charge is 0.414 e. The fraction of sp³-hybridized carbons (Fsp3) is 0.0556. The van der Waals surface area contributed by atoms with Crippen LogP contribution in [0.3, 0.4) is 0 Å². The van der Waals surface area contributed by atoms with Crippen molar-refractivity contribution in [1.82, 2.24) is 9.97 Å². The van der Waals surface area contributed by atoms with Gasteiger partial charge in [-0.25, -0.2) is 9.78 Å². The highest BCUT2D eigenvalue weighted by atomic mass is 16.5. The van der Waals surface area contributed by atoms with Crippen LogP contribution in [0.5, 0.6) is 0 Å². The lowest BCUT2D eigenvalue weighted by Crippen LogP contribution is -2.19. The maximum Gasteiger partial charge on any atom is 0.414 e. The van der Waals surface area contributed by atoms with E-state index in [0.717, 1.165) is 11.1 Å². The number of hydrogen-bond donors (Lipinski definition) is 2. The van der Waals surface area contributed by atoms with Gasteiger partial charge in [-0.05, 0) is 5.56 Å². The van der Waals surface area contributed by atoms with Gasteiger partial charge in [-0.15, -0.1) is 0 Å². The van der Waals surface area contributed by atoms with Crippen molar-refractivity contribution in [3.63, 3.8) is 0 Å². The van der Waals surface area contributed by atoms with Gasteiger partial charge in [-0.1, -0.05) is 60.7 Å². The minimum Gasteiger partial charge on any atom is -0.444 e. The van der Waals surface area contributed by atoms with Crippen LogP contribution >= 0.6 is 0 Å². The standard InChI is InChI=1S/C18H15N3O3/c22-16-11-15(14-9-5-2-6-10-14)19-17(20-16)21-18(23)24-12-13-7-3-1-4-8-13/h1-11H,12H2,(H2,19,20,21,22,23). The van der Waals surface area contributed by atoms with E-state index in [1.807, 2.05) is 60.7 Å². The predicted octanol–water partition coefficient (Wildman–Crippen LogP) is 3.19. The molecule has 0 spiro atoms. The lowest BCUT2D eigenvalue weighted by molar-refractivity contribution is 0.155. The number of ether oxygens (including phenoxy) is 1. The molecular formula is C18H15N3O3. The normalized spacial score (nSPS) is 10.2. The first-order chi connectivity index (χ1) is 11.7. The molecule has 0 aliphatic heterocycles.